The molecule has 0 aliphatic rings. The lowest BCUT2D eigenvalue weighted by molar-refractivity contribution is 0.222. The summed E-state index contributed by atoms with van der Waals surface area (Å²) in [6, 6.07) is 4.33. The van der Waals surface area contributed by atoms with Crippen LogP contribution in [0.3, 0.4) is 0 Å². The van der Waals surface area contributed by atoms with E-state index in [4.69, 9.17) is 5.84 Å². The standard InChI is InChI=1S/C14H24BrN3/c1-10(14(2,3)4)7-13(18-16)8-12-6-5-11(15)9-17-12/h5-6,9-10,13,18H,7-8,16H2,1-4H3. The van der Waals surface area contributed by atoms with E-state index in [1.165, 1.54) is 0 Å². The molecule has 0 radical (unpaired) electrons. The lowest BCUT2D eigenvalue weighted by atomic mass is 9.78. The van der Waals surface area contributed by atoms with Crippen LogP contribution in [0.2, 0.25) is 0 Å². The number of aromatic nitrogens is 1. The lowest BCUT2D eigenvalue weighted by Crippen LogP contribution is -2.39. The molecule has 0 spiro atoms. The number of nitrogens with zero attached hydrogens (tertiary/aromatic N) is 1. The van der Waals surface area contributed by atoms with Gasteiger partial charge in [0, 0.05) is 28.8 Å². The van der Waals surface area contributed by atoms with Crippen molar-refractivity contribution in [3.63, 3.8) is 0 Å². The van der Waals surface area contributed by atoms with Gasteiger partial charge in [0.15, 0.2) is 0 Å². The molecule has 0 aromatic carbocycles. The van der Waals surface area contributed by atoms with Gasteiger partial charge in [-0.3, -0.25) is 16.3 Å². The Labute approximate surface area is 119 Å². The van der Waals surface area contributed by atoms with Crippen molar-refractivity contribution in [2.75, 3.05) is 0 Å². The molecule has 18 heavy (non-hydrogen) atoms. The van der Waals surface area contributed by atoms with Crippen LogP contribution in [0, 0.1) is 11.3 Å². The summed E-state index contributed by atoms with van der Waals surface area (Å²) in [5.74, 6) is 6.26. The van der Waals surface area contributed by atoms with Crippen LogP contribution in [0.25, 0.3) is 0 Å². The highest BCUT2D eigenvalue weighted by atomic mass is 79.9. The quantitative estimate of drug-likeness (QED) is 0.648. The average molecular weight is 314 g/mol. The maximum Gasteiger partial charge on any atom is 0.0420 e. The van der Waals surface area contributed by atoms with Crippen LogP contribution < -0.4 is 11.3 Å². The summed E-state index contributed by atoms with van der Waals surface area (Å²) in [6.07, 6.45) is 3.75. The Hall–Kier alpha value is -0.450. The number of hydrogen-bond donors (Lipinski definition) is 2. The Morgan fingerprint density at radius 3 is 2.50 bits per heavy atom. The maximum absolute atomic E-state index is 5.66. The van der Waals surface area contributed by atoms with Crippen molar-refractivity contribution in [1.82, 2.24) is 10.4 Å². The van der Waals surface area contributed by atoms with Gasteiger partial charge in [0.2, 0.25) is 0 Å². The summed E-state index contributed by atoms with van der Waals surface area (Å²) < 4.78 is 1.01. The number of hydrazine groups is 1. The molecule has 2 atom stereocenters. The highest BCUT2D eigenvalue weighted by molar-refractivity contribution is 9.10. The first-order valence-electron chi connectivity index (χ1n) is 6.39. The number of nitrogens with one attached hydrogen (secondary N) is 1. The summed E-state index contributed by atoms with van der Waals surface area (Å²) in [5, 5.41) is 0. The molecule has 3 N–H and O–H groups in total. The van der Waals surface area contributed by atoms with E-state index >= 15 is 0 Å². The molecule has 1 rings (SSSR count). The van der Waals surface area contributed by atoms with E-state index < -0.39 is 0 Å². The van der Waals surface area contributed by atoms with Crippen LogP contribution in [0.1, 0.15) is 39.8 Å². The summed E-state index contributed by atoms with van der Waals surface area (Å²) in [6.45, 7) is 9.08. The Morgan fingerprint density at radius 1 is 1.39 bits per heavy atom. The average Bonchev–Trinajstić information content (AvgIpc) is 2.29. The van der Waals surface area contributed by atoms with E-state index in [2.05, 4.69) is 54.0 Å². The van der Waals surface area contributed by atoms with E-state index in [0.717, 1.165) is 23.0 Å². The highest BCUT2D eigenvalue weighted by Crippen LogP contribution is 2.29. The van der Waals surface area contributed by atoms with Gasteiger partial charge in [0.1, 0.15) is 0 Å². The van der Waals surface area contributed by atoms with Gasteiger partial charge in [-0.05, 0) is 45.8 Å². The molecule has 0 saturated carbocycles. The molecule has 0 bridgehead atoms. The van der Waals surface area contributed by atoms with Crippen molar-refractivity contribution in [3.8, 4) is 0 Å². The van der Waals surface area contributed by atoms with E-state index in [1.807, 2.05) is 18.3 Å². The minimum absolute atomic E-state index is 0.271. The second-order valence-corrected chi connectivity index (χ2v) is 6.95. The van der Waals surface area contributed by atoms with Crippen LogP contribution in [0.4, 0.5) is 0 Å². The van der Waals surface area contributed by atoms with Gasteiger partial charge in [0.05, 0.1) is 0 Å². The van der Waals surface area contributed by atoms with Gasteiger partial charge < -0.3 is 0 Å². The Balaban J connectivity index is 2.59. The molecule has 0 aliphatic carbocycles. The van der Waals surface area contributed by atoms with Gasteiger partial charge in [-0.2, -0.15) is 0 Å². The fourth-order valence-electron chi connectivity index (χ4n) is 1.77. The molecule has 2 unspecified atom stereocenters. The van der Waals surface area contributed by atoms with Crippen molar-refractivity contribution < 1.29 is 0 Å². The maximum atomic E-state index is 5.66. The topological polar surface area (TPSA) is 50.9 Å². The first kappa shape index (κ1) is 15.6. The third kappa shape index (κ3) is 5.04. The normalized spacial score (nSPS) is 15.4. The largest absolute Gasteiger partial charge is 0.271 e. The molecular weight excluding hydrogens is 290 g/mol. The molecule has 1 aromatic rings. The van der Waals surface area contributed by atoms with Crippen molar-refractivity contribution in [1.29, 1.82) is 0 Å². The van der Waals surface area contributed by atoms with Gasteiger partial charge >= 0.3 is 0 Å². The van der Waals surface area contributed by atoms with E-state index in [-0.39, 0.29) is 6.04 Å². The van der Waals surface area contributed by atoms with Gasteiger partial charge in [-0.15, -0.1) is 0 Å². The van der Waals surface area contributed by atoms with Crippen LogP contribution in [-0.4, -0.2) is 11.0 Å². The van der Waals surface area contributed by atoms with Gasteiger partial charge in [-0.25, -0.2) is 0 Å². The summed E-state index contributed by atoms with van der Waals surface area (Å²) in [7, 11) is 0. The summed E-state index contributed by atoms with van der Waals surface area (Å²) in [5.41, 5.74) is 4.30. The monoisotopic (exact) mass is 313 g/mol. The molecule has 0 saturated heterocycles. The van der Waals surface area contributed by atoms with Crippen molar-refractivity contribution >= 4 is 15.9 Å². The van der Waals surface area contributed by atoms with Crippen LogP contribution in [-0.2, 0) is 6.42 Å². The third-order valence-corrected chi connectivity index (χ3v) is 4.07. The number of pyridine rings is 1. The van der Waals surface area contributed by atoms with E-state index in [1.54, 1.807) is 0 Å². The van der Waals surface area contributed by atoms with Gasteiger partial charge in [0.25, 0.3) is 0 Å². The molecule has 0 aliphatic heterocycles. The zero-order valence-electron chi connectivity index (χ0n) is 11.7. The Bertz CT molecular complexity index is 356. The lowest BCUT2D eigenvalue weighted by Gasteiger charge is -2.30. The SMILES string of the molecule is CC(CC(Cc1ccc(Br)cn1)NN)C(C)(C)C. The predicted octanol–water partition coefficient (Wildman–Crippen LogP) is 3.29. The second-order valence-electron chi connectivity index (χ2n) is 6.04. The van der Waals surface area contributed by atoms with Crippen molar-refractivity contribution in [2.24, 2.45) is 17.2 Å². The molecule has 0 fully saturated rings. The highest BCUT2D eigenvalue weighted by Gasteiger charge is 2.23. The van der Waals surface area contributed by atoms with E-state index in [0.29, 0.717) is 11.3 Å². The Morgan fingerprint density at radius 2 is 2.06 bits per heavy atom. The number of rotatable bonds is 5. The molecular formula is C14H24BrN3. The molecule has 3 nitrogen and oxygen atoms in total. The van der Waals surface area contributed by atoms with Gasteiger partial charge in [-0.1, -0.05) is 27.7 Å². The fourth-order valence-corrected chi connectivity index (χ4v) is 2.00. The first-order valence-corrected chi connectivity index (χ1v) is 7.18. The van der Waals surface area contributed by atoms with Crippen LogP contribution in [0.5, 0.6) is 0 Å². The number of hydrogen-bond acceptors (Lipinski definition) is 3. The minimum Gasteiger partial charge on any atom is -0.271 e. The molecule has 4 heteroatoms. The zero-order chi connectivity index (χ0) is 13.8. The first-order chi connectivity index (χ1) is 8.32. The minimum atomic E-state index is 0.271. The van der Waals surface area contributed by atoms with Crippen molar-refractivity contribution in [2.45, 2.75) is 46.6 Å². The summed E-state index contributed by atoms with van der Waals surface area (Å²) >= 11 is 3.39. The smallest absolute Gasteiger partial charge is 0.0420 e. The molecule has 1 heterocycles. The summed E-state index contributed by atoms with van der Waals surface area (Å²) in [4.78, 5) is 4.39. The number of nitrogens with two attached hydrogens (primary N) is 1. The predicted molar refractivity (Wildman–Crippen MR) is 80.0 cm³/mol. The second kappa shape index (κ2) is 6.64. The molecule has 1 aromatic heterocycles. The Kier molecular flexibility index (Phi) is 5.76. The number of halogens is 1. The van der Waals surface area contributed by atoms with Crippen LogP contribution >= 0.6 is 15.9 Å². The fraction of sp³-hybridized carbons (Fsp3) is 0.643. The zero-order valence-corrected chi connectivity index (χ0v) is 13.3. The van der Waals surface area contributed by atoms with E-state index in [9.17, 15) is 0 Å². The van der Waals surface area contributed by atoms with Crippen molar-refractivity contribution in [3.05, 3.63) is 28.5 Å². The third-order valence-electron chi connectivity index (χ3n) is 3.60. The molecule has 0 amide bonds. The van der Waals surface area contributed by atoms with Crippen LogP contribution in [0.15, 0.2) is 22.8 Å². The molecule has 102 valence electrons.